The molecule has 0 amide bonds. The van der Waals surface area contributed by atoms with Gasteiger partial charge in [0.05, 0.1) is 18.5 Å². The van der Waals surface area contributed by atoms with Crippen molar-refractivity contribution < 1.29 is 4.74 Å². The zero-order valence-corrected chi connectivity index (χ0v) is 9.92. The van der Waals surface area contributed by atoms with Crippen LogP contribution >= 0.6 is 0 Å². The highest BCUT2D eigenvalue weighted by Gasteiger charge is 1.92. The molecular weight excluding hydrogens is 212 g/mol. The lowest BCUT2D eigenvalue weighted by Gasteiger charge is -1.98. The van der Waals surface area contributed by atoms with Crippen LogP contribution in [0.3, 0.4) is 0 Å². The molecule has 0 saturated heterocycles. The van der Waals surface area contributed by atoms with Gasteiger partial charge >= 0.3 is 0 Å². The van der Waals surface area contributed by atoms with Crippen molar-refractivity contribution in [2.24, 2.45) is 10.2 Å². The number of ether oxygens (including phenoxy) is 1. The first kappa shape index (κ1) is 11.3. The maximum absolute atomic E-state index is 5.07. The van der Waals surface area contributed by atoms with Gasteiger partial charge in [0, 0.05) is 0 Å². The number of hydrogen-bond donors (Lipinski definition) is 0. The third-order valence-corrected chi connectivity index (χ3v) is 2.39. The van der Waals surface area contributed by atoms with Gasteiger partial charge in [0.15, 0.2) is 0 Å². The first-order valence-electron chi connectivity index (χ1n) is 5.40. The van der Waals surface area contributed by atoms with E-state index < -0.39 is 0 Å². The Balaban J connectivity index is 2.11. The molecule has 17 heavy (non-hydrogen) atoms. The van der Waals surface area contributed by atoms with Crippen molar-refractivity contribution in [2.45, 2.75) is 6.92 Å². The molecule has 0 aliphatic rings. The van der Waals surface area contributed by atoms with E-state index in [4.69, 9.17) is 4.74 Å². The molecule has 0 unspecified atom stereocenters. The molecule has 0 bridgehead atoms. The minimum atomic E-state index is 0.811. The predicted octanol–water partition coefficient (Wildman–Crippen LogP) is 4.42. The molecule has 0 saturated carbocycles. The minimum Gasteiger partial charge on any atom is -0.497 e. The summed E-state index contributed by atoms with van der Waals surface area (Å²) in [5, 5.41) is 8.31. The number of aryl methyl sites for hydroxylation is 1. The zero-order chi connectivity index (χ0) is 12.1. The van der Waals surface area contributed by atoms with Gasteiger partial charge in [-0.2, -0.15) is 10.2 Å². The number of benzene rings is 2. The Morgan fingerprint density at radius 2 is 1.24 bits per heavy atom. The van der Waals surface area contributed by atoms with Gasteiger partial charge in [0.1, 0.15) is 5.75 Å². The molecule has 3 nitrogen and oxygen atoms in total. The highest BCUT2D eigenvalue weighted by atomic mass is 16.5. The van der Waals surface area contributed by atoms with Crippen molar-refractivity contribution in [2.75, 3.05) is 7.11 Å². The molecule has 0 aromatic heterocycles. The third kappa shape index (κ3) is 3.14. The Morgan fingerprint density at radius 1 is 0.765 bits per heavy atom. The van der Waals surface area contributed by atoms with E-state index in [-0.39, 0.29) is 0 Å². The molecule has 3 heteroatoms. The first-order valence-corrected chi connectivity index (χ1v) is 5.40. The van der Waals surface area contributed by atoms with Gasteiger partial charge in [-0.1, -0.05) is 17.7 Å². The zero-order valence-electron chi connectivity index (χ0n) is 9.92. The lowest BCUT2D eigenvalue weighted by atomic mass is 10.2. The summed E-state index contributed by atoms with van der Waals surface area (Å²) < 4.78 is 5.07. The third-order valence-electron chi connectivity index (χ3n) is 2.39. The van der Waals surface area contributed by atoms with E-state index in [2.05, 4.69) is 10.2 Å². The number of hydrogen-bond acceptors (Lipinski definition) is 3. The largest absolute Gasteiger partial charge is 0.497 e. The molecular formula is C14H14N2O. The van der Waals surface area contributed by atoms with E-state index >= 15 is 0 Å². The molecule has 0 aliphatic heterocycles. The molecule has 0 heterocycles. The molecule has 0 N–H and O–H groups in total. The Labute approximate surface area is 101 Å². The summed E-state index contributed by atoms with van der Waals surface area (Å²) in [4.78, 5) is 0. The van der Waals surface area contributed by atoms with Crippen molar-refractivity contribution in [1.29, 1.82) is 0 Å². The van der Waals surface area contributed by atoms with Crippen molar-refractivity contribution in [3.8, 4) is 5.75 Å². The van der Waals surface area contributed by atoms with Crippen LogP contribution < -0.4 is 4.74 Å². The molecule has 86 valence electrons. The van der Waals surface area contributed by atoms with E-state index in [1.54, 1.807) is 7.11 Å². The summed E-state index contributed by atoms with van der Waals surface area (Å²) in [5.41, 5.74) is 2.88. The molecule has 2 aromatic rings. The number of nitrogens with zero attached hydrogens (tertiary/aromatic N) is 2. The fraction of sp³-hybridized carbons (Fsp3) is 0.143. The predicted molar refractivity (Wildman–Crippen MR) is 68.3 cm³/mol. The van der Waals surface area contributed by atoms with Crippen LogP contribution in [-0.2, 0) is 0 Å². The van der Waals surface area contributed by atoms with E-state index in [0.717, 1.165) is 17.1 Å². The van der Waals surface area contributed by atoms with Crippen LogP contribution in [0.25, 0.3) is 0 Å². The summed E-state index contributed by atoms with van der Waals surface area (Å²) in [6.45, 7) is 2.05. The maximum Gasteiger partial charge on any atom is 0.119 e. The fourth-order valence-electron chi connectivity index (χ4n) is 1.38. The molecule has 0 aliphatic carbocycles. The van der Waals surface area contributed by atoms with Crippen molar-refractivity contribution in [3.05, 3.63) is 54.1 Å². The van der Waals surface area contributed by atoms with Crippen LogP contribution in [0.5, 0.6) is 5.75 Å². The fourth-order valence-corrected chi connectivity index (χ4v) is 1.38. The standard InChI is InChI=1S/C14H14N2O/c1-11-3-5-12(6-4-11)15-16-13-7-9-14(17-2)10-8-13/h3-10H,1-2H3/b16-15+. The maximum atomic E-state index is 5.07. The van der Waals surface area contributed by atoms with Gasteiger partial charge in [0.25, 0.3) is 0 Å². The quantitative estimate of drug-likeness (QED) is 0.713. The van der Waals surface area contributed by atoms with E-state index in [1.165, 1.54) is 5.56 Å². The second-order valence-corrected chi connectivity index (χ2v) is 3.73. The van der Waals surface area contributed by atoms with Crippen LogP contribution in [0, 0.1) is 6.92 Å². The highest BCUT2D eigenvalue weighted by Crippen LogP contribution is 2.21. The number of rotatable bonds is 3. The lowest BCUT2D eigenvalue weighted by Crippen LogP contribution is -1.79. The summed E-state index contributed by atoms with van der Waals surface area (Å²) in [6.07, 6.45) is 0. The molecule has 0 fully saturated rings. The molecule has 0 radical (unpaired) electrons. The average Bonchev–Trinajstić information content (AvgIpc) is 2.39. The topological polar surface area (TPSA) is 34.0 Å². The van der Waals surface area contributed by atoms with Crippen LogP contribution in [0.2, 0.25) is 0 Å². The number of azo groups is 1. The Morgan fingerprint density at radius 3 is 1.71 bits per heavy atom. The normalized spacial score (nSPS) is 10.7. The van der Waals surface area contributed by atoms with Crippen molar-refractivity contribution >= 4 is 11.4 Å². The first-order chi connectivity index (χ1) is 8.28. The van der Waals surface area contributed by atoms with Crippen LogP contribution in [0.4, 0.5) is 11.4 Å². The summed E-state index contributed by atoms with van der Waals surface area (Å²) in [5.74, 6) is 0.819. The minimum absolute atomic E-state index is 0.811. The molecule has 0 spiro atoms. The van der Waals surface area contributed by atoms with Gasteiger partial charge in [0.2, 0.25) is 0 Å². The van der Waals surface area contributed by atoms with E-state index in [0.29, 0.717) is 0 Å². The van der Waals surface area contributed by atoms with Gasteiger partial charge < -0.3 is 4.74 Å². The second-order valence-electron chi connectivity index (χ2n) is 3.73. The number of methoxy groups -OCH3 is 1. The van der Waals surface area contributed by atoms with Gasteiger partial charge in [-0.05, 0) is 43.3 Å². The molecule has 0 atom stereocenters. The van der Waals surface area contributed by atoms with Gasteiger partial charge in [-0.15, -0.1) is 0 Å². The van der Waals surface area contributed by atoms with Crippen LogP contribution in [0.15, 0.2) is 58.8 Å². The summed E-state index contributed by atoms with van der Waals surface area (Å²) in [7, 11) is 1.64. The van der Waals surface area contributed by atoms with Gasteiger partial charge in [-0.3, -0.25) is 0 Å². The SMILES string of the molecule is COc1ccc(/N=N/c2ccc(C)cc2)cc1. The van der Waals surface area contributed by atoms with Gasteiger partial charge in [-0.25, -0.2) is 0 Å². The van der Waals surface area contributed by atoms with Crippen LogP contribution in [-0.4, -0.2) is 7.11 Å². The Kier molecular flexibility index (Phi) is 3.50. The highest BCUT2D eigenvalue weighted by molar-refractivity contribution is 5.43. The summed E-state index contributed by atoms with van der Waals surface area (Å²) in [6, 6.07) is 15.4. The van der Waals surface area contributed by atoms with Crippen LogP contribution in [0.1, 0.15) is 5.56 Å². The lowest BCUT2D eigenvalue weighted by molar-refractivity contribution is 0.415. The smallest absolute Gasteiger partial charge is 0.119 e. The molecule has 2 aromatic carbocycles. The summed E-state index contributed by atoms with van der Waals surface area (Å²) >= 11 is 0. The average molecular weight is 226 g/mol. The van der Waals surface area contributed by atoms with E-state index in [1.807, 2.05) is 55.5 Å². The molecule has 2 rings (SSSR count). The van der Waals surface area contributed by atoms with Crippen molar-refractivity contribution in [3.63, 3.8) is 0 Å². The van der Waals surface area contributed by atoms with Crippen molar-refractivity contribution in [1.82, 2.24) is 0 Å². The second kappa shape index (κ2) is 5.25. The van der Waals surface area contributed by atoms with E-state index in [9.17, 15) is 0 Å². The monoisotopic (exact) mass is 226 g/mol. The Bertz CT molecular complexity index is 501. The Hall–Kier alpha value is -2.16.